The van der Waals surface area contributed by atoms with Crippen molar-refractivity contribution in [1.29, 1.82) is 0 Å². The average Bonchev–Trinajstić information content (AvgIpc) is 2.61. The third kappa shape index (κ3) is 1.91. The zero-order valence-electron chi connectivity index (χ0n) is 10.8. The molecule has 0 saturated carbocycles. The van der Waals surface area contributed by atoms with Crippen molar-refractivity contribution in [2.75, 3.05) is 4.90 Å². The number of nitrogens with zero attached hydrogens (tertiary/aromatic N) is 1. The van der Waals surface area contributed by atoms with Crippen molar-refractivity contribution in [1.82, 2.24) is 0 Å². The molecule has 0 aliphatic carbocycles. The number of aryl methyl sites for hydroxylation is 1. The minimum Gasteiger partial charge on any atom is -0.393 e. The molecule has 0 amide bonds. The molecule has 2 heterocycles. The van der Waals surface area contributed by atoms with E-state index in [1.165, 1.54) is 24.1 Å². The zero-order valence-corrected chi connectivity index (χ0v) is 10.8. The molecule has 1 aromatic rings. The van der Waals surface area contributed by atoms with Crippen molar-refractivity contribution in [3.8, 4) is 0 Å². The van der Waals surface area contributed by atoms with Gasteiger partial charge in [-0.25, -0.2) is 0 Å². The summed E-state index contributed by atoms with van der Waals surface area (Å²) in [4.78, 5) is 2.50. The Labute approximate surface area is 108 Å². The van der Waals surface area contributed by atoms with Crippen LogP contribution in [0.15, 0.2) is 18.2 Å². The third-order valence-corrected chi connectivity index (χ3v) is 4.43. The minimum atomic E-state index is -0.115. The van der Waals surface area contributed by atoms with E-state index >= 15 is 0 Å². The number of hydrogen-bond donors (Lipinski definition) is 2. The Morgan fingerprint density at radius 1 is 1.22 bits per heavy atom. The van der Waals surface area contributed by atoms with Crippen LogP contribution in [0.4, 0.5) is 5.69 Å². The lowest BCUT2D eigenvalue weighted by Crippen LogP contribution is -2.45. The van der Waals surface area contributed by atoms with Gasteiger partial charge in [0.25, 0.3) is 0 Å². The Kier molecular flexibility index (Phi) is 3.04. The van der Waals surface area contributed by atoms with Gasteiger partial charge in [-0.1, -0.05) is 12.1 Å². The highest BCUT2D eigenvalue weighted by Gasteiger charge is 2.40. The Hall–Kier alpha value is -1.06. The van der Waals surface area contributed by atoms with E-state index in [-0.39, 0.29) is 12.7 Å². The highest BCUT2D eigenvalue weighted by atomic mass is 16.3. The first-order chi connectivity index (χ1) is 8.69. The number of aliphatic hydroxyl groups excluding tert-OH is 2. The molecule has 2 bridgehead atoms. The second kappa shape index (κ2) is 4.56. The summed E-state index contributed by atoms with van der Waals surface area (Å²) < 4.78 is 0. The molecule has 98 valence electrons. The van der Waals surface area contributed by atoms with Crippen LogP contribution in [-0.2, 0) is 6.61 Å². The molecule has 2 aliphatic heterocycles. The summed E-state index contributed by atoms with van der Waals surface area (Å²) >= 11 is 0. The van der Waals surface area contributed by atoms with Crippen molar-refractivity contribution in [3.05, 3.63) is 29.3 Å². The van der Waals surface area contributed by atoms with Gasteiger partial charge in [0.2, 0.25) is 0 Å². The fraction of sp³-hybridized carbons (Fsp3) is 0.600. The first-order valence-electron chi connectivity index (χ1n) is 6.86. The van der Waals surface area contributed by atoms with Crippen LogP contribution >= 0.6 is 0 Å². The third-order valence-electron chi connectivity index (χ3n) is 4.43. The van der Waals surface area contributed by atoms with E-state index in [1.807, 2.05) is 6.07 Å². The number of piperidine rings is 1. The lowest BCUT2D eigenvalue weighted by molar-refractivity contribution is 0.126. The molecule has 0 aromatic heterocycles. The minimum absolute atomic E-state index is 0.104. The largest absolute Gasteiger partial charge is 0.393 e. The molecule has 0 spiro atoms. The lowest BCUT2D eigenvalue weighted by atomic mass is 9.97. The van der Waals surface area contributed by atoms with Crippen molar-refractivity contribution in [3.63, 3.8) is 0 Å². The van der Waals surface area contributed by atoms with Crippen molar-refractivity contribution < 1.29 is 10.2 Å². The maximum atomic E-state index is 9.85. The molecule has 18 heavy (non-hydrogen) atoms. The van der Waals surface area contributed by atoms with Gasteiger partial charge in [0.05, 0.1) is 12.7 Å². The SMILES string of the molecule is Cc1cc(CO)ccc1N1C2CCC1CC(O)C2. The Morgan fingerprint density at radius 2 is 1.89 bits per heavy atom. The van der Waals surface area contributed by atoms with Crippen LogP contribution in [0.2, 0.25) is 0 Å². The van der Waals surface area contributed by atoms with Gasteiger partial charge in [0, 0.05) is 17.8 Å². The number of rotatable bonds is 2. The van der Waals surface area contributed by atoms with Crippen LogP contribution in [0, 0.1) is 6.92 Å². The first-order valence-corrected chi connectivity index (χ1v) is 6.86. The summed E-state index contributed by atoms with van der Waals surface area (Å²) in [6, 6.07) is 7.20. The Bertz CT molecular complexity index is 432. The molecular weight excluding hydrogens is 226 g/mol. The smallest absolute Gasteiger partial charge is 0.0681 e. The summed E-state index contributed by atoms with van der Waals surface area (Å²) in [7, 11) is 0. The average molecular weight is 247 g/mol. The maximum Gasteiger partial charge on any atom is 0.0681 e. The van der Waals surface area contributed by atoms with Gasteiger partial charge < -0.3 is 15.1 Å². The van der Waals surface area contributed by atoms with Gasteiger partial charge in [0.1, 0.15) is 0 Å². The maximum absolute atomic E-state index is 9.85. The fourth-order valence-electron chi connectivity index (χ4n) is 3.65. The van der Waals surface area contributed by atoms with E-state index in [1.54, 1.807) is 0 Å². The molecule has 2 fully saturated rings. The monoisotopic (exact) mass is 247 g/mol. The van der Waals surface area contributed by atoms with Crippen LogP contribution in [0.25, 0.3) is 0 Å². The summed E-state index contributed by atoms with van der Waals surface area (Å²) in [6.07, 6.45) is 4.08. The van der Waals surface area contributed by atoms with E-state index in [9.17, 15) is 5.11 Å². The summed E-state index contributed by atoms with van der Waals surface area (Å²) in [5.41, 5.74) is 3.49. The fourth-order valence-corrected chi connectivity index (χ4v) is 3.65. The number of fused-ring (bicyclic) bond motifs is 2. The highest BCUT2D eigenvalue weighted by Crippen LogP contribution is 2.40. The summed E-state index contributed by atoms with van der Waals surface area (Å²) in [5, 5.41) is 19.0. The van der Waals surface area contributed by atoms with Gasteiger partial charge in [0.15, 0.2) is 0 Å². The molecule has 3 rings (SSSR count). The second-order valence-corrected chi connectivity index (χ2v) is 5.70. The first kappa shape index (κ1) is 12.0. The quantitative estimate of drug-likeness (QED) is 0.840. The number of anilines is 1. The van der Waals surface area contributed by atoms with Crippen LogP contribution in [0.3, 0.4) is 0 Å². The molecule has 2 saturated heterocycles. The standard InChI is InChI=1S/C15H21NO2/c1-10-6-11(9-17)2-5-15(10)16-12-3-4-13(16)8-14(18)7-12/h2,5-6,12-14,17-18H,3-4,7-9H2,1H3. The number of hydrogen-bond acceptors (Lipinski definition) is 3. The molecule has 1 aromatic carbocycles. The molecule has 2 N–H and O–H groups in total. The van der Waals surface area contributed by atoms with Gasteiger partial charge in [-0.05, 0) is 49.8 Å². The number of aliphatic hydroxyl groups is 2. The van der Waals surface area contributed by atoms with E-state index in [0.29, 0.717) is 12.1 Å². The van der Waals surface area contributed by atoms with Crippen molar-refractivity contribution in [2.45, 2.75) is 57.4 Å². The van der Waals surface area contributed by atoms with Crippen molar-refractivity contribution in [2.24, 2.45) is 0 Å². The second-order valence-electron chi connectivity index (χ2n) is 5.70. The normalized spacial score (nSPS) is 30.8. The van der Waals surface area contributed by atoms with Gasteiger partial charge in [-0.3, -0.25) is 0 Å². The van der Waals surface area contributed by atoms with Crippen molar-refractivity contribution >= 4 is 5.69 Å². The van der Waals surface area contributed by atoms with Crippen LogP contribution in [-0.4, -0.2) is 28.4 Å². The molecule has 3 heteroatoms. The van der Waals surface area contributed by atoms with Crippen LogP contribution in [0.5, 0.6) is 0 Å². The van der Waals surface area contributed by atoms with E-state index in [4.69, 9.17) is 5.11 Å². The van der Waals surface area contributed by atoms with Crippen LogP contribution in [0.1, 0.15) is 36.8 Å². The predicted octanol–water partition coefficient (Wildman–Crippen LogP) is 1.98. The Morgan fingerprint density at radius 3 is 2.44 bits per heavy atom. The van der Waals surface area contributed by atoms with Gasteiger partial charge in [-0.15, -0.1) is 0 Å². The molecule has 0 radical (unpaired) electrons. The highest BCUT2D eigenvalue weighted by molar-refractivity contribution is 5.57. The molecule has 3 nitrogen and oxygen atoms in total. The zero-order chi connectivity index (χ0) is 12.7. The molecule has 2 aliphatic rings. The number of benzene rings is 1. The van der Waals surface area contributed by atoms with Gasteiger partial charge in [-0.2, -0.15) is 0 Å². The molecule has 2 unspecified atom stereocenters. The topological polar surface area (TPSA) is 43.7 Å². The Balaban J connectivity index is 1.91. The molecular formula is C15H21NO2. The van der Waals surface area contributed by atoms with Crippen LogP contribution < -0.4 is 4.90 Å². The predicted molar refractivity (Wildman–Crippen MR) is 71.6 cm³/mol. The van der Waals surface area contributed by atoms with Gasteiger partial charge >= 0.3 is 0 Å². The van der Waals surface area contributed by atoms with E-state index in [2.05, 4.69) is 24.0 Å². The summed E-state index contributed by atoms with van der Waals surface area (Å²) in [6.45, 7) is 2.21. The van der Waals surface area contributed by atoms with E-state index < -0.39 is 0 Å². The molecule has 2 atom stereocenters. The van der Waals surface area contributed by atoms with E-state index in [0.717, 1.165) is 18.4 Å². The summed E-state index contributed by atoms with van der Waals surface area (Å²) in [5.74, 6) is 0. The lowest BCUT2D eigenvalue weighted by Gasteiger charge is -2.39.